The molecule has 0 aromatic heterocycles. The molecule has 1 rings (SSSR count). The quantitative estimate of drug-likeness (QED) is 0.506. The summed E-state index contributed by atoms with van der Waals surface area (Å²) in [6, 6.07) is 11.2. The predicted molar refractivity (Wildman–Crippen MR) is 123 cm³/mol. The first-order valence-electron chi connectivity index (χ1n) is 9.20. The Bertz CT molecular complexity index is 583. The van der Waals surface area contributed by atoms with Gasteiger partial charge in [-0.3, -0.25) is 0 Å². The first-order valence-corrected chi connectivity index (χ1v) is 24.0. The maximum atomic E-state index is 6.64. The Morgan fingerprint density at radius 1 is 0.577 bits per heavy atom. The van der Waals surface area contributed by atoms with E-state index in [0.29, 0.717) is 0 Å². The Labute approximate surface area is 166 Å². The lowest BCUT2D eigenvalue weighted by atomic mass is 10.4. The summed E-state index contributed by atoms with van der Waals surface area (Å²) in [5.41, 5.74) is 0. The standard InChI is InChI=1S/C17H37O4Si5/c1-22(2,3)18-24(6,7)20-26(10,11)21-25(8,9)19-23(4,5)17-15-13-12-14-16-17/h13-16H,1-11H3. The van der Waals surface area contributed by atoms with Crippen molar-refractivity contribution in [2.45, 2.75) is 72.0 Å². The average Bonchev–Trinajstić information content (AvgIpc) is 2.31. The van der Waals surface area contributed by atoms with Crippen LogP contribution in [0.2, 0.25) is 72.0 Å². The molecule has 0 aliphatic carbocycles. The van der Waals surface area contributed by atoms with Crippen LogP contribution in [0.3, 0.4) is 0 Å². The van der Waals surface area contributed by atoms with E-state index in [4.69, 9.17) is 16.5 Å². The van der Waals surface area contributed by atoms with Crippen LogP contribution in [0.1, 0.15) is 0 Å². The molecule has 0 aliphatic heterocycles. The molecule has 0 saturated heterocycles. The van der Waals surface area contributed by atoms with Gasteiger partial charge in [0, 0.05) is 0 Å². The van der Waals surface area contributed by atoms with Crippen molar-refractivity contribution in [3.63, 3.8) is 0 Å². The molecule has 1 aromatic carbocycles. The SMILES string of the molecule is C[Si](C)(C)O[Si](C)(C)O[Si](C)(C)O[Si](C)(C)O[Si](C)(C)c1cc[c]cc1. The van der Waals surface area contributed by atoms with Gasteiger partial charge in [-0.05, 0) is 83.3 Å². The number of benzene rings is 1. The molecule has 0 atom stereocenters. The van der Waals surface area contributed by atoms with Gasteiger partial charge in [0.05, 0.1) is 0 Å². The third-order valence-electron chi connectivity index (χ3n) is 3.45. The molecule has 0 fully saturated rings. The first kappa shape index (κ1) is 24.2. The van der Waals surface area contributed by atoms with Crippen molar-refractivity contribution in [2.24, 2.45) is 0 Å². The van der Waals surface area contributed by atoms with Crippen LogP contribution in [0.4, 0.5) is 0 Å². The van der Waals surface area contributed by atoms with E-state index in [1.54, 1.807) is 0 Å². The van der Waals surface area contributed by atoms with Crippen LogP contribution in [0.25, 0.3) is 0 Å². The summed E-state index contributed by atoms with van der Waals surface area (Å²) in [7, 11) is -10.6. The number of hydrogen-bond acceptors (Lipinski definition) is 4. The molecule has 1 aromatic rings. The van der Waals surface area contributed by atoms with Crippen LogP contribution in [-0.2, 0) is 16.5 Å². The van der Waals surface area contributed by atoms with Crippen molar-refractivity contribution in [1.29, 1.82) is 0 Å². The second kappa shape index (κ2) is 8.25. The van der Waals surface area contributed by atoms with Crippen molar-refractivity contribution in [2.75, 3.05) is 0 Å². The van der Waals surface area contributed by atoms with Gasteiger partial charge in [-0.1, -0.05) is 24.3 Å². The molecule has 0 unspecified atom stereocenters. The molecule has 0 spiro atoms. The smallest absolute Gasteiger partial charge is 0.314 e. The minimum Gasteiger partial charge on any atom is -0.437 e. The monoisotopic (exact) mass is 445 g/mol. The molecular formula is C17H37O4Si5. The van der Waals surface area contributed by atoms with Gasteiger partial charge in [-0.15, -0.1) is 0 Å². The second-order valence-corrected chi connectivity index (χ2v) is 29.0. The van der Waals surface area contributed by atoms with Crippen LogP contribution < -0.4 is 5.19 Å². The fourth-order valence-electron chi connectivity index (χ4n) is 3.45. The Kier molecular flexibility index (Phi) is 7.68. The van der Waals surface area contributed by atoms with Crippen LogP contribution in [0.5, 0.6) is 0 Å². The largest absolute Gasteiger partial charge is 0.437 e. The van der Waals surface area contributed by atoms with Gasteiger partial charge in [0.25, 0.3) is 0 Å². The van der Waals surface area contributed by atoms with E-state index in [0.717, 1.165) is 0 Å². The molecule has 0 amide bonds. The van der Waals surface area contributed by atoms with Crippen LogP contribution in [0.15, 0.2) is 24.3 Å². The van der Waals surface area contributed by atoms with E-state index in [-0.39, 0.29) is 0 Å². The molecular weight excluding hydrogens is 409 g/mol. The first-order chi connectivity index (χ1) is 11.4. The molecule has 0 saturated carbocycles. The normalized spacial score (nSPS) is 14.6. The van der Waals surface area contributed by atoms with Crippen molar-refractivity contribution in [3.05, 3.63) is 30.3 Å². The summed E-state index contributed by atoms with van der Waals surface area (Å²) in [6.07, 6.45) is 0. The molecule has 149 valence electrons. The molecule has 9 heteroatoms. The Balaban J connectivity index is 2.83. The molecule has 0 bridgehead atoms. The highest BCUT2D eigenvalue weighted by atomic mass is 28.5. The minimum atomic E-state index is -2.36. The minimum absolute atomic E-state index is 1.26. The highest BCUT2D eigenvalue weighted by Gasteiger charge is 2.45. The maximum absolute atomic E-state index is 6.64. The van der Waals surface area contributed by atoms with E-state index in [9.17, 15) is 0 Å². The highest BCUT2D eigenvalue weighted by molar-refractivity contribution is 6.93. The second-order valence-electron chi connectivity index (χ2n) is 9.52. The summed E-state index contributed by atoms with van der Waals surface area (Å²) in [6.45, 7) is 23.8. The lowest BCUT2D eigenvalue weighted by molar-refractivity contribution is 0.300. The van der Waals surface area contributed by atoms with Gasteiger partial charge >= 0.3 is 25.7 Å². The number of rotatable bonds is 9. The maximum Gasteiger partial charge on any atom is 0.314 e. The van der Waals surface area contributed by atoms with Crippen LogP contribution in [0, 0.1) is 6.07 Å². The van der Waals surface area contributed by atoms with E-state index in [2.05, 4.69) is 90.2 Å². The molecule has 26 heavy (non-hydrogen) atoms. The van der Waals surface area contributed by atoms with Gasteiger partial charge in [-0.2, -0.15) is 0 Å². The molecule has 0 aliphatic rings. The summed E-state index contributed by atoms with van der Waals surface area (Å²) in [5.74, 6) is 0. The van der Waals surface area contributed by atoms with Crippen molar-refractivity contribution < 1.29 is 16.5 Å². The van der Waals surface area contributed by atoms with E-state index >= 15 is 0 Å². The zero-order valence-corrected chi connectivity index (χ0v) is 23.4. The Morgan fingerprint density at radius 3 is 1.38 bits per heavy atom. The summed E-state index contributed by atoms with van der Waals surface area (Å²) in [4.78, 5) is 0. The van der Waals surface area contributed by atoms with E-state index in [1.807, 2.05) is 12.1 Å². The van der Waals surface area contributed by atoms with Gasteiger partial charge in [0.2, 0.25) is 8.32 Å². The van der Waals surface area contributed by atoms with Gasteiger partial charge < -0.3 is 16.5 Å². The Hall–Kier alpha value is 0.144. The molecule has 0 heterocycles. The van der Waals surface area contributed by atoms with Gasteiger partial charge in [0.15, 0.2) is 8.32 Å². The summed E-state index contributed by atoms with van der Waals surface area (Å²) >= 11 is 0. The van der Waals surface area contributed by atoms with Gasteiger partial charge in [0.1, 0.15) is 0 Å². The third kappa shape index (κ3) is 8.89. The average molecular weight is 446 g/mol. The summed E-state index contributed by atoms with van der Waals surface area (Å²) < 4.78 is 26.0. The predicted octanol–water partition coefficient (Wildman–Crippen LogP) is 4.91. The van der Waals surface area contributed by atoms with Crippen molar-refractivity contribution in [3.8, 4) is 0 Å². The summed E-state index contributed by atoms with van der Waals surface area (Å²) in [5, 5.41) is 1.26. The topological polar surface area (TPSA) is 36.9 Å². The molecule has 1 radical (unpaired) electrons. The van der Waals surface area contributed by atoms with Gasteiger partial charge in [-0.25, -0.2) is 0 Å². The Morgan fingerprint density at radius 2 is 0.962 bits per heavy atom. The van der Waals surface area contributed by atoms with Crippen LogP contribution in [-0.4, -0.2) is 42.3 Å². The van der Waals surface area contributed by atoms with Crippen molar-refractivity contribution >= 4 is 47.5 Å². The lowest BCUT2D eigenvalue weighted by Crippen LogP contribution is -2.60. The lowest BCUT2D eigenvalue weighted by Gasteiger charge is -2.42. The zero-order chi connectivity index (χ0) is 20.4. The molecule has 4 nitrogen and oxygen atoms in total. The van der Waals surface area contributed by atoms with Crippen molar-refractivity contribution in [1.82, 2.24) is 0 Å². The fraction of sp³-hybridized carbons (Fsp3) is 0.647. The van der Waals surface area contributed by atoms with Crippen LogP contribution >= 0.6 is 0 Å². The molecule has 0 N–H and O–H groups in total. The fourth-order valence-corrected chi connectivity index (χ4v) is 26.8. The van der Waals surface area contributed by atoms with E-state index in [1.165, 1.54) is 5.19 Å². The van der Waals surface area contributed by atoms with E-state index < -0.39 is 42.3 Å². The highest BCUT2D eigenvalue weighted by Crippen LogP contribution is 2.25. The number of hydrogen-bond donors (Lipinski definition) is 0. The third-order valence-corrected chi connectivity index (χ3v) is 21.5. The zero-order valence-electron chi connectivity index (χ0n) is 18.4.